The van der Waals surface area contributed by atoms with Crippen LogP contribution in [0.5, 0.6) is 5.75 Å². The third-order valence-corrected chi connectivity index (χ3v) is 4.83. The van der Waals surface area contributed by atoms with Crippen molar-refractivity contribution in [1.29, 1.82) is 0 Å². The van der Waals surface area contributed by atoms with E-state index < -0.39 is 0 Å². The van der Waals surface area contributed by atoms with E-state index in [0.717, 1.165) is 0 Å². The Labute approximate surface area is 149 Å². The van der Waals surface area contributed by atoms with E-state index in [0.29, 0.717) is 43.0 Å². The molecule has 0 aliphatic carbocycles. The maximum absolute atomic E-state index is 12.5. The van der Waals surface area contributed by atoms with Crippen LogP contribution in [0, 0.1) is 5.92 Å². The first-order valence-electron chi connectivity index (χ1n) is 6.62. The fraction of sp³-hybridized carbons (Fsp3) is 0.333. The van der Waals surface area contributed by atoms with Gasteiger partial charge >= 0.3 is 0 Å². The molecule has 0 aromatic heterocycles. The third-order valence-electron chi connectivity index (χ3n) is 2.95. The molecule has 1 aliphatic heterocycles. The Kier molecular flexibility index (Phi) is 5.77. The molecule has 0 bridgehead atoms. The average molecular weight is 376 g/mol. The number of amides is 1. The third kappa shape index (κ3) is 3.77. The molecule has 2 rings (SSSR count). The summed E-state index contributed by atoms with van der Waals surface area (Å²) in [6, 6.07) is 3.31. The van der Waals surface area contributed by atoms with E-state index in [1.165, 1.54) is 18.9 Å². The highest BCUT2D eigenvalue weighted by molar-refractivity contribution is 8.26. The van der Waals surface area contributed by atoms with Crippen molar-refractivity contribution in [2.75, 3.05) is 13.7 Å². The number of ether oxygens (including phenoxy) is 1. The summed E-state index contributed by atoms with van der Waals surface area (Å²) >= 11 is 18.7. The molecule has 118 valence electrons. The van der Waals surface area contributed by atoms with E-state index in [-0.39, 0.29) is 5.91 Å². The van der Waals surface area contributed by atoms with Crippen molar-refractivity contribution in [1.82, 2.24) is 4.90 Å². The van der Waals surface area contributed by atoms with Crippen molar-refractivity contribution in [2.24, 2.45) is 5.92 Å². The molecule has 7 heteroatoms. The van der Waals surface area contributed by atoms with Gasteiger partial charge in [0, 0.05) is 17.1 Å². The largest absolute Gasteiger partial charge is 0.495 e. The molecule has 0 atom stereocenters. The van der Waals surface area contributed by atoms with Gasteiger partial charge in [0.1, 0.15) is 10.1 Å². The van der Waals surface area contributed by atoms with E-state index in [1.54, 1.807) is 23.1 Å². The van der Waals surface area contributed by atoms with E-state index >= 15 is 0 Å². The first-order chi connectivity index (χ1) is 10.3. The number of hydrogen-bond donors (Lipinski definition) is 0. The number of nitrogens with zero attached hydrogens (tertiary/aromatic N) is 1. The van der Waals surface area contributed by atoms with Crippen LogP contribution in [-0.2, 0) is 4.79 Å². The summed E-state index contributed by atoms with van der Waals surface area (Å²) in [6.45, 7) is 4.69. The zero-order valence-corrected chi connectivity index (χ0v) is 15.5. The number of hydrogen-bond acceptors (Lipinski definition) is 4. The number of methoxy groups -OCH3 is 1. The highest BCUT2D eigenvalue weighted by atomic mass is 35.5. The minimum atomic E-state index is -0.0955. The number of thiocarbonyl (C=S) groups is 1. The van der Waals surface area contributed by atoms with Gasteiger partial charge in [-0.05, 0) is 24.1 Å². The van der Waals surface area contributed by atoms with Gasteiger partial charge in [0.15, 0.2) is 0 Å². The molecule has 1 saturated heterocycles. The molecule has 1 fully saturated rings. The second-order valence-corrected chi connectivity index (χ2v) is 7.72. The zero-order chi connectivity index (χ0) is 16.4. The van der Waals surface area contributed by atoms with Crippen LogP contribution in [0.4, 0.5) is 0 Å². The Hall–Kier alpha value is -0.750. The second kappa shape index (κ2) is 7.21. The minimum Gasteiger partial charge on any atom is -0.495 e. The first kappa shape index (κ1) is 17.6. The highest BCUT2D eigenvalue weighted by Gasteiger charge is 2.32. The lowest BCUT2D eigenvalue weighted by Gasteiger charge is -2.16. The topological polar surface area (TPSA) is 29.5 Å². The molecule has 3 nitrogen and oxygen atoms in total. The van der Waals surface area contributed by atoms with E-state index in [2.05, 4.69) is 0 Å². The Balaban J connectivity index is 2.39. The van der Waals surface area contributed by atoms with E-state index in [9.17, 15) is 4.79 Å². The molecule has 0 spiro atoms. The maximum atomic E-state index is 12.5. The number of carbonyl (C=O) groups excluding carboxylic acids is 1. The molecular formula is C15H15Cl2NO2S2. The van der Waals surface area contributed by atoms with Crippen LogP contribution in [0.2, 0.25) is 10.0 Å². The maximum Gasteiger partial charge on any atom is 0.266 e. The molecule has 1 amide bonds. The predicted octanol–water partition coefficient (Wildman–Crippen LogP) is 4.86. The average Bonchev–Trinajstić information content (AvgIpc) is 2.65. The fourth-order valence-corrected chi connectivity index (χ4v) is 3.92. The Morgan fingerprint density at radius 2 is 2.09 bits per heavy atom. The van der Waals surface area contributed by atoms with Gasteiger partial charge in [0.05, 0.1) is 17.0 Å². The van der Waals surface area contributed by atoms with Gasteiger partial charge in [0.2, 0.25) is 0 Å². The van der Waals surface area contributed by atoms with Crippen LogP contribution >= 0.6 is 47.2 Å². The first-order valence-corrected chi connectivity index (χ1v) is 8.60. The zero-order valence-electron chi connectivity index (χ0n) is 12.4. The summed E-state index contributed by atoms with van der Waals surface area (Å²) in [6.07, 6.45) is 1.72. The normalized spacial score (nSPS) is 17.0. The number of rotatable bonds is 4. The molecule has 1 heterocycles. The Morgan fingerprint density at radius 3 is 2.68 bits per heavy atom. The van der Waals surface area contributed by atoms with Gasteiger partial charge in [-0.15, -0.1) is 0 Å². The van der Waals surface area contributed by atoms with E-state index in [4.69, 9.17) is 40.2 Å². The molecule has 1 aliphatic rings. The number of thioether (sulfide) groups is 1. The van der Waals surface area contributed by atoms with Gasteiger partial charge in [-0.1, -0.05) is 61.0 Å². The standard InChI is InChI=1S/C15H15Cl2NO2S2/c1-8(2)7-18-14(19)12(22-15(18)21)5-9-4-10(16)6-11(17)13(9)20-3/h4-6,8H,7H2,1-3H3. The SMILES string of the molecule is COc1c(Cl)cc(Cl)cc1C=C1SC(=S)N(CC(C)C)C1=O. The molecule has 0 N–H and O–H groups in total. The fourth-order valence-electron chi connectivity index (χ4n) is 2.07. The van der Waals surface area contributed by atoms with Crippen LogP contribution in [0.25, 0.3) is 6.08 Å². The van der Waals surface area contributed by atoms with Crippen molar-refractivity contribution in [2.45, 2.75) is 13.8 Å². The molecule has 0 saturated carbocycles. The van der Waals surface area contributed by atoms with Crippen molar-refractivity contribution in [3.8, 4) is 5.75 Å². The van der Waals surface area contributed by atoms with Crippen molar-refractivity contribution >= 4 is 63.5 Å². The summed E-state index contributed by atoms with van der Waals surface area (Å²) in [5.74, 6) is 0.735. The number of benzene rings is 1. The summed E-state index contributed by atoms with van der Waals surface area (Å²) in [5, 5.41) is 0.883. The summed E-state index contributed by atoms with van der Waals surface area (Å²) in [4.78, 5) is 14.6. The van der Waals surface area contributed by atoms with Crippen LogP contribution < -0.4 is 4.74 Å². The van der Waals surface area contributed by atoms with Crippen LogP contribution in [0.3, 0.4) is 0 Å². The lowest BCUT2D eigenvalue weighted by molar-refractivity contribution is -0.122. The van der Waals surface area contributed by atoms with E-state index in [1.807, 2.05) is 13.8 Å². The molecular weight excluding hydrogens is 361 g/mol. The minimum absolute atomic E-state index is 0.0955. The molecule has 0 radical (unpaired) electrons. The van der Waals surface area contributed by atoms with Gasteiger partial charge in [-0.2, -0.15) is 0 Å². The highest BCUT2D eigenvalue weighted by Crippen LogP contribution is 2.38. The molecule has 22 heavy (non-hydrogen) atoms. The predicted molar refractivity (Wildman–Crippen MR) is 97.7 cm³/mol. The lowest BCUT2D eigenvalue weighted by Crippen LogP contribution is -2.31. The summed E-state index contributed by atoms with van der Waals surface area (Å²) < 4.78 is 5.86. The second-order valence-electron chi connectivity index (χ2n) is 5.20. The quantitative estimate of drug-likeness (QED) is 0.555. The monoisotopic (exact) mass is 375 g/mol. The summed E-state index contributed by atoms with van der Waals surface area (Å²) in [7, 11) is 1.52. The van der Waals surface area contributed by atoms with Crippen LogP contribution in [0.1, 0.15) is 19.4 Å². The summed E-state index contributed by atoms with van der Waals surface area (Å²) in [5.41, 5.74) is 0.657. The van der Waals surface area contributed by atoms with Gasteiger partial charge in [-0.3, -0.25) is 9.69 Å². The molecule has 1 aromatic rings. The van der Waals surface area contributed by atoms with Gasteiger partial charge < -0.3 is 4.74 Å². The van der Waals surface area contributed by atoms with Crippen LogP contribution in [0.15, 0.2) is 17.0 Å². The van der Waals surface area contributed by atoms with Crippen molar-refractivity contribution < 1.29 is 9.53 Å². The Morgan fingerprint density at radius 1 is 1.41 bits per heavy atom. The number of carbonyl (C=O) groups is 1. The lowest BCUT2D eigenvalue weighted by atomic mass is 10.1. The molecule has 0 unspecified atom stereocenters. The number of halogens is 2. The van der Waals surface area contributed by atoms with Gasteiger partial charge in [-0.25, -0.2) is 0 Å². The van der Waals surface area contributed by atoms with Crippen LogP contribution in [-0.4, -0.2) is 28.8 Å². The van der Waals surface area contributed by atoms with Crippen molar-refractivity contribution in [3.63, 3.8) is 0 Å². The Bertz CT molecular complexity index is 659. The molecule has 1 aromatic carbocycles. The smallest absolute Gasteiger partial charge is 0.266 e. The van der Waals surface area contributed by atoms with Crippen molar-refractivity contribution in [3.05, 3.63) is 32.6 Å². The van der Waals surface area contributed by atoms with Gasteiger partial charge in [0.25, 0.3) is 5.91 Å².